The molecular formula is C28H30N4O3. The summed E-state index contributed by atoms with van der Waals surface area (Å²) in [5.41, 5.74) is 3.93. The number of aryl methyl sites for hydroxylation is 1. The minimum atomic E-state index is -0.280. The number of hydrogen-bond donors (Lipinski definition) is 2. The van der Waals surface area contributed by atoms with E-state index < -0.39 is 0 Å². The van der Waals surface area contributed by atoms with Crippen molar-refractivity contribution in [2.75, 3.05) is 25.6 Å². The number of anilines is 1. The number of methoxy groups -OCH3 is 1. The van der Waals surface area contributed by atoms with Gasteiger partial charge in [-0.3, -0.25) is 9.59 Å². The fraction of sp³-hybridized carbons (Fsp3) is 0.393. The van der Waals surface area contributed by atoms with Crippen LogP contribution in [0.15, 0.2) is 54.6 Å². The van der Waals surface area contributed by atoms with Crippen molar-refractivity contribution in [2.24, 2.45) is 30.2 Å². The second-order valence-corrected chi connectivity index (χ2v) is 10.2. The minimum Gasteiger partial charge on any atom is -0.375 e. The van der Waals surface area contributed by atoms with E-state index in [2.05, 4.69) is 22.8 Å². The Bertz CT molecular complexity index is 1340. The average Bonchev–Trinajstić information content (AvgIpc) is 3.41. The van der Waals surface area contributed by atoms with E-state index in [1.807, 2.05) is 48.0 Å². The van der Waals surface area contributed by atoms with Gasteiger partial charge in [0.1, 0.15) is 12.4 Å². The zero-order valence-corrected chi connectivity index (χ0v) is 20.1. The van der Waals surface area contributed by atoms with Gasteiger partial charge in [0.15, 0.2) is 0 Å². The van der Waals surface area contributed by atoms with Crippen molar-refractivity contribution in [2.45, 2.75) is 19.3 Å². The first-order valence-electron chi connectivity index (χ1n) is 12.3. The van der Waals surface area contributed by atoms with Crippen LogP contribution < -0.4 is 10.6 Å². The third-order valence-corrected chi connectivity index (χ3v) is 8.18. The number of benzene rings is 2. The molecule has 35 heavy (non-hydrogen) atoms. The molecule has 3 aromatic rings. The summed E-state index contributed by atoms with van der Waals surface area (Å²) in [5.74, 6) is 2.14. The molecule has 0 saturated heterocycles. The number of hydrogen-bond acceptors (Lipinski definition) is 4. The highest BCUT2D eigenvalue weighted by molar-refractivity contribution is 6.06. The van der Waals surface area contributed by atoms with Crippen LogP contribution in [0.25, 0.3) is 22.4 Å². The van der Waals surface area contributed by atoms with Crippen LogP contribution in [-0.4, -0.2) is 41.6 Å². The first-order chi connectivity index (χ1) is 17.0. The Balaban J connectivity index is 1.30. The highest BCUT2D eigenvalue weighted by Crippen LogP contribution is 2.69. The van der Waals surface area contributed by atoms with Crippen molar-refractivity contribution in [1.82, 2.24) is 14.9 Å². The average molecular weight is 471 g/mol. The maximum atomic E-state index is 13.3. The zero-order chi connectivity index (χ0) is 24.2. The Kier molecular flexibility index (Phi) is 5.25. The maximum Gasteiger partial charge on any atom is 0.251 e. The molecule has 6 rings (SSSR count). The van der Waals surface area contributed by atoms with Crippen LogP contribution in [0.2, 0.25) is 0 Å². The first-order valence-corrected chi connectivity index (χ1v) is 12.3. The number of nitrogens with zero attached hydrogens (tertiary/aromatic N) is 2. The van der Waals surface area contributed by atoms with Gasteiger partial charge in [0, 0.05) is 31.8 Å². The van der Waals surface area contributed by atoms with Crippen molar-refractivity contribution in [3.63, 3.8) is 0 Å². The number of imidazole rings is 1. The van der Waals surface area contributed by atoms with Crippen molar-refractivity contribution in [1.29, 1.82) is 0 Å². The lowest BCUT2D eigenvalue weighted by Crippen LogP contribution is -2.31. The van der Waals surface area contributed by atoms with Crippen LogP contribution in [-0.2, 0) is 16.6 Å². The highest BCUT2D eigenvalue weighted by Gasteiger charge is 2.62. The largest absolute Gasteiger partial charge is 0.375 e. The Morgan fingerprint density at radius 3 is 2.69 bits per heavy atom. The van der Waals surface area contributed by atoms with Gasteiger partial charge < -0.3 is 19.9 Å². The molecule has 7 heteroatoms. The number of ether oxygens (including phenoxy) is 1. The van der Waals surface area contributed by atoms with Gasteiger partial charge in [-0.15, -0.1) is 0 Å². The van der Waals surface area contributed by atoms with Gasteiger partial charge in [-0.25, -0.2) is 4.98 Å². The standard InChI is InChI=1S/C28H30N4O3/c1-32-25-22(30-24(33)16-35-2)13-18(14-23(25)31-26(32)17-6-4-3-5-7-17)27(34)29-15-19-12-20-8-9-21(19)28(20)10-11-28/h3-9,13-14,19-21H,10-12,15-16H2,1-2H3,(H,29,34)(H,30,33)/t19-,20+,21-/m0/s1. The van der Waals surface area contributed by atoms with Gasteiger partial charge >= 0.3 is 0 Å². The molecule has 3 aliphatic rings. The van der Waals surface area contributed by atoms with E-state index >= 15 is 0 Å². The molecule has 0 aliphatic heterocycles. The summed E-state index contributed by atoms with van der Waals surface area (Å²) in [5, 5.41) is 6.08. The van der Waals surface area contributed by atoms with E-state index in [4.69, 9.17) is 9.72 Å². The summed E-state index contributed by atoms with van der Waals surface area (Å²) < 4.78 is 6.94. The van der Waals surface area contributed by atoms with Crippen molar-refractivity contribution >= 4 is 28.5 Å². The second kappa shape index (κ2) is 8.34. The molecule has 0 radical (unpaired) electrons. The van der Waals surface area contributed by atoms with Gasteiger partial charge in [0.2, 0.25) is 5.91 Å². The third kappa shape index (κ3) is 3.65. The Hall–Kier alpha value is -3.45. The van der Waals surface area contributed by atoms with Crippen molar-refractivity contribution < 1.29 is 14.3 Å². The number of nitrogens with one attached hydrogen (secondary N) is 2. The molecule has 180 valence electrons. The van der Waals surface area contributed by atoms with Crippen LogP contribution >= 0.6 is 0 Å². The fourth-order valence-electron chi connectivity index (χ4n) is 6.42. The van der Waals surface area contributed by atoms with Crippen molar-refractivity contribution in [3.8, 4) is 11.4 Å². The summed E-state index contributed by atoms with van der Waals surface area (Å²) in [6.45, 7) is 0.605. The predicted molar refractivity (Wildman–Crippen MR) is 135 cm³/mol. The summed E-state index contributed by atoms with van der Waals surface area (Å²) >= 11 is 0. The van der Waals surface area contributed by atoms with Crippen LogP contribution in [0, 0.1) is 23.2 Å². The SMILES string of the molecule is COCC(=O)Nc1cc(C(=O)NC[C@@H]2C[C@H]3C=C[C@@H]2C32CC2)cc2nc(-c3ccccc3)n(C)c12. The molecule has 2 N–H and O–H groups in total. The summed E-state index contributed by atoms with van der Waals surface area (Å²) in [4.78, 5) is 30.5. The number of rotatable bonds is 7. The fourth-order valence-corrected chi connectivity index (χ4v) is 6.42. The van der Waals surface area contributed by atoms with E-state index in [1.165, 1.54) is 26.4 Å². The smallest absolute Gasteiger partial charge is 0.251 e. The molecule has 1 heterocycles. The lowest BCUT2D eigenvalue weighted by molar-refractivity contribution is -0.119. The number of fused-ring (bicyclic) bond motifs is 1. The molecular weight excluding hydrogens is 440 g/mol. The van der Waals surface area contributed by atoms with Crippen LogP contribution in [0.3, 0.4) is 0 Å². The van der Waals surface area contributed by atoms with E-state index in [0.717, 1.165) is 16.9 Å². The summed E-state index contributed by atoms with van der Waals surface area (Å²) in [6.07, 6.45) is 8.59. The van der Waals surface area contributed by atoms with Gasteiger partial charge in [-0.2, -0.15) is 0 Å². The number of allylic oxidation sites excluding steroid dienone is 2. The molecule has 2 amide bonds. The molecule has 1 spiro atoms. The van der Waals surface area contributed by atoms with Crippen LogP contribution in [0.5, 0.6) is 0 Å². The topological polar surface area (TPSA) is 85.2 Å². The monoisotopic (exact) mass is 470 g/mol. The first kappa shape index (κ1) is 22.0. The second-order valence-electron chi connectivity index (χ2n) is 10.2. The summed E-state index contributed by atoms with van der Waals surface area (Å²) in [7, 11) is 3.40. The molecule has 3 aliphatic carbocycles. The molecule has 2 bridgehead atoms. The van der Waals surface area contributed by atoms with Gasteiger partial charge in [-0.05, 0) is 54.6 Å². The molecule has 2 fully saturated rings. The number of amides is 2. The molecule has 2 aromatic carbocycles. The molecule has 2 saturated carbocycles. The van der Waals surface area contributed by atoms with Crippen LogP contribution in [0.4, 0.5) is 5.69 Å². The normalized spacial score (nSPS) is 23.2. The molecule has 3 atom stereocenters. The Morgan fingerprint density at radius 2 is 1.97 bits per heavy atom. The van der Waals surface area contributed by atoms with Gasteiger partial charge in [0.25, 0.3) is 5.91 Å². The highest BCUT2D eigenvalue weighted by atomic mass is 16.5. The number of aromatic nitrogens is 2. The predicted octanol–water partition coefficient (Wildman–Crippen LogP) is 4.16. The van der Waals surface area contributed by atoms with Crippen molar-refractivity contribution in [3.05, 3.63) is 60.2 Å². The van der Waals surface area contributed by atoms with E-state index in [0.29, 0.717) is 46.5 Å². The van der Waals surface area contributed by atoms with E-state index in [9.17, 15) is 9.59 Å². The van der Waals surface area contributed by atoms with E-state index in [1.54, 1.807) is 6.07 Å². The molecule has 1 aromatic heterocycles. The molecule has 0 unspecified atom stereocenters. The third-order valence-electron chi connectivity index (χ3n) is 8.18. The zero-order valence-electron chi connectivity index (χ0n) is 20.1. The van der Waals surface area contributed by atoms with Gasteiger partial charge in [-0.1, -0.05) is 42.5 Å². The lowest BCUT2D eigenvalue weighted by atomic mass is 9.89. The molecule has 7 nitrogen and oxygen atoms in total. The van der Waals surface area contributed by atoms with Crippen LogP contribution in [0.1, 0.15) is 29.6 Å². The maximum absolute atomic E-state index is 13.3. The van der Waals surface area contributed by atoms with E-state index in [-0.39, 0.29) is 18.4 Å². The Labute approximate surface area is 204 Å². The lowest BCUT2D eigenvalue weighted by Gasteiger charge is -2.20. The van der Waals surface area contributed by atoms with Gasteiger partial charge in [0.05, 0.1) is 16.7 Å². The summed E-state index contributed by atoms with van der Waals surface area (Å²) in [6, 6.07) is 13.4. The minimum absolute atomic E-state index is 0.0686. The number of carbonyl (C=O) groups excluding carboxylic acids is 2. The quantitative estimate of drug-likeness (QED) is 0.508. The number of carbonyl (C=O) groups is 2. The Morgan fingerprint density at radius 1 is 1.17 bits per heavy atom.